The normalized spacial score (nSPS) is 16.6. The second-order valence-corrected chi connectivity index (χ2v) is 9.77. The zero-order chi connectivity index (χ0) is 27.2. The predicted octanol–water partition coefficient (Wildman–Crippen LogP) is 4.40. The van der Waals surface area contributed by atoms with Crippen LogP contribution in [0.5, 0.6) is 0 Å². The van der Waals surface area contributed by atoms with Gasteiger partial charge in [0.25, 0.3) is 0 Å². The Morgan fingerprint density at radius 3 is 2.51 bits per heavy atom. The number of aromatic nitrogens is 5. The van der Waals surface area contributed by atoms with Crippen molar-refractivity contribution in [3.8, 4) is 11.1 Å². The minimum Gasteiger partial charge on any atom is -0.377 e. The first-order valence-electron chi connectivity index (χ1n) is 12.2. The lowest BCUT2D eigenvalue weighted by molar-refractivity contribution is -0.165. The number of anilines is 1. The van der Waals surface area contributed by atoms with Crippen molar-refractivity contribution in [1.82, 2.24) is 24.9 Å². The molecular formula is C26H22F4N6O3. The number of rotatable bonds is 8. The zero-order valence-electron chi connectivity index (χ0n) is 20.4. The van der Waals surface area contributed by atoms with E-state index in [0.29, 0.717) is 36.6 Å². The summed E-state index contributed by atoms with van der Waals surface area (Å²) in [5.41, 5.74) is 0.174. The Hall–Kier alpha value is -4.13. The molecule has 202 valence electrons. The molecule has 4 heterocycles. The summed E-state index contributed by atoms with van der Waals surface area (Å²) in [6.07, 6.45) is 2.44. The first-order valence-corrected chi connectivity index (χ1v) is 12.2. The highest BCUT2D eigenvalue weighted by Crippen LogP contribution is 2.59. The summed E-state index contributed by atoms with van der Waals surface area (Å²) in [5, 5.41) is 10.2. The Kier molecular flexibility index (Phi) is 6.17. The summed E-state index contributed by atoms with van der Waals surface area (Å²) in [4.78, 5) is 21.2. The smallest absolute Gasteiger partial charge is 0.377 e. The Labute approximate surface area is 219 Å². The first-order chi connectivity index (χ1) is 18.7. The summed E-state index contributed by atoms with van der Waals surface area (Å²) in [6, 6.07) is 5.72. The van der Waals surface area contributed by atoms with E-state index in [9.17, 15) is 22.4 Å². The van der Waals surface area contributed by atoms with E-state index in [1.807, 2.05) is 10.9 Å². The average Bonchev–Trinajstić information content (AvgIpc) is 3.38. The Bertz CT molecular complexity index is 1510. The SMILES string of the molecule is O=C(Cc1ccc(-c2cnc(Cc3cnn(C4COC4)c3)nc2)cc1F)Nc1cc(C2(C(F)(F)F)CC2)on1. The molecule has 1 saturated heterocycles. The molecular weight excluding hydrogens is 520 g/mol. The lowest BCUT2D eigenvalue weighted by atomic mass is 10.0. The van der Waals surface area contributed by atoms with Crippen LogP contribution < -0.4 is 5.32 Å². The summed E-state index contributed by atoms with van der Waals surface area (Å²) in [6.45, 7) is 1.31. The van der Waals surface area contributed by atoms with Crippen LogP contribution in [-0.2, 0) is 27.8 Å². The number of nitrogens with one attached hydrogen (secondary N) is 1. The molecule has 39 heavy (non-hydrogen) atoms. The molecule has 13 heteroatoms. The van der Waals surface area contributed by atoms with Crippen LogP contribution in [0.15, 0.2) is 53.6 Å². The molecule has 0 unspecified atom stereocenters. The van der Waals surface area contributed by atoms with E-state index in [-0.39, 0.29) is 42.4 Å². The van der Waals surface area contributed by atoms with Gasteiger partial charge in [-0.1, -0.05) is 17.3 Å². The lowest BCUT2D eigenvalue weighted by Crippen LogP contribution is -2.30. The summed E-state index contributed by atoms with van der Waals surface area (Å²) < 4.78 is 66.5. The molecule has 0 bridgehead atoms. The second-order valence-electron chi connectivity index (χ2n) is 9.77. The Morgan fingerprint density at radius 1 is 1.10 bits per heavy atom. The van der Waals surface area contributed by atoms with Gasteiger partial charge >= 0.3 is 6.18 Å². The van der Waals surface area contributed by atoms with Crippen LogP contribution in [-0.4, -0.2) is 50.2 Å². The van der Waals surface area contributed by atoms with Gasteiger partial charge in [-0.2, -0.15) is 18.3 Å². The standard InChI is InChI=1S/C26H22F4N6O3/c27-20-6-16(18-10-31-22(32-11-18)5-15-9-33-36(12-15)19-13-38-14-19)1-2-17(20)7-24(37)34-23-8-21(39-35-23)25(3-4-25)26(28,29)30/h1-2,6,8-12,19H,3-5,7,13-14H2,(H,34,35,37). The van der Waals surface area contributed by atoms with E-state index < -0.39 is 23.3 Å². The summed E-state index contributed by atoms with van der Waals surface area (Å²) in [7, 11) is 0. The molecule has 1 aliphatic carbocycles. The first kappa shape index (κ1) is 25.2. The van der Waals surface area contributed by atoms with E-state index in [1.54, 1.807) is 24.7 Å². The molecule has 2 aliphatic rings. The molecule has 1 aromatic carbocycles. The molecule has 1 N–H and O–H groups in total. The Balaban J connectivity index is 1.07. The maximum atomic E-state index is 14.8. The van der Waals surface area contributed by atoms with E-state index in [1.165, 1.54) is 12.1 Å². The number of hydrogen-bond acceptors (Lipinski definition) is 7. The quantitative estimate of drug-likeness (QED) is 0.329. The van der Waals surface area contributed by atoms with Gasteiger partial charge in [0.05, 0.1) is 31.9 Å². The van der Waals surface area contributed by atoms with Crippen molar-refractivity contribution >= 4 is 11.7 Å². The highest BCUT2D eigenvalue weighted by Gasteiger charge is 2.66. The third kappa shape index (κ3) is 5.01. The van der Waals surface area contributed by atoms with Crippen LogP contribution in [0.3, 0.4) is 0 Å². The van der Waals surface area contributed by atoms with Gasteiger partial charge in [-0.25, -0.2) is 14.4 Å². The van der Waals surface area contributed by atoms with Crippen molar-refractivity contribution in [2.75, 3.05) is 18.5 Å². The number of halogens is 4. The van der Waals surface area contributed by atoms with Crippen molar-refractivity contribution in [1.29, 1.82) is 0 Å². The monoisotopic (exact) mass is 542 g/mol. The maximum absolute atomic E-state index is 14.8. The highest BCUT2D eigenvalue weighted by atomic mass is 19.4. The Morgan fingerprint density at radius 2 is 1.87 bits per heavy atom. The van der Waals surface area contributed by atoms with E-state index in [4.69, 9.17) is 9.26 Å². The number of hydrogen-bond donors (Lipinski definition) is 1. The molecule has 3 aromatic heterocycles. The molecule has 6 rings (SSSR count). The number of carbonyl (C=O) groups is 1. The summed E-state index contributed by atoms with van der Waals surface area (Å²) >= 11 is 0. The minimum atomic E-state index is -4.46. The molecule has 0 spiro atoms. The molecule has 9 nitrogen and oxygen atoms in total. The fourth-order valence-electron chi connectivity index (χ4n) is 4.41. The lowest BCUT2D eigenvalue weighted by Gasteiger charge is -2.25. The van der Waals surface area contributed by atoms with Gasteiger partial charge in [-0.05, 0) is 35.6 Å². The van der Waals surface area contributed by atoms with Gasteiger partial charge in [0.15, 0.2) is 11.6 Å². The van der Waals surface area contributed by atoms with Crippen LogP contribution in [0.1, 0.15) is 41.6 Å². The minimum absolute atomic E-state index is 0.0906. The molecule has 0 radical (unpaired) electrons. The fraction of sp³-hybridized carbons (Fsp3) is 0.346. The van der Waals surface area contributed by atoms with E-state index in [0.717, 1.165) is 11.6 Å². The van der Waals surface area contributed by atoms with Gasteiger partial charge < -0.3 is 14.6 Å². The molecule has 2 fully saturated rings. The number of amides is 1. The van der Waals surface area contributed by atoms with Gasteiger partial charge in [0.1, 0.15) is 17.1 Å². The van der Waals surface area contributed by atoms with Crippen LogP contribution in [0, 0.1) is 5.82 Å². The molecule has 0 atom stereocenters. The van der Waals surface area contributed by atoms with Crippen molar-refractivity contribution in [3.05, 3.63) is 77.6 Å². The summed E-state index contributed by atoms with van der Waals surface area (Å²) in [5.74, 6) is -1.15. The topological polar surface area (TPSA) is 108 Å². The predicted molar refractivity (Wildman–Crippen MR) is 128 cm³/mol. The maximum Gasteiger partial charge on any atom is 0.401 e. The highest BCUT2D eigenvalue weighted by molar-refractivity contribution is 5.91. The van der Waals surface area contributed by atoms with Crippen LogP contribution >= 0.6 is 0 Å². The third-order valence-electron chi connectivity index (χ3n) is 7.00. The van der Waals surface area contributed by atoms with Crippen molar-refractivity contribution in [2.45, 2.75) is 43.3 Å². The van der Waals surface area contributed by atoms with Crippen molar-refractivity contribution in [2.24, 2.45) is 0 Å². The van der Waals surface area contributed by atoms with Gasteiger partial charge in [-0.15, -0.1) is 0 Å². The molecule has 1 saturated carbocycles. The second kappa shape index (κ2) is 9.56. The van der Waals surface area contributed by atoms with Crippen LogP contribution in [0.2, 0.25) is 0 Å². The number of nitrogens with zero attached hydrogens (tertiary/aromatic N) is 5. The van der Waals surface area contributed by atoms with E-state index >= 15 is 0 Å². The number of alkyl halides is 3. The van der Waals surface area contributed by atoms with E-state index in [2.05, 4.69) is 25.5 Å². The van der Waals surface area contributed by atoms with Crippen molar-refractivity contribution < 1.29 is 31.6 Å². The number of ether oxygens (including phenoxy) is 1. The average molecular weight is 542 g/mol. The molecule has 1 amide bonds. The van der Waals surface area contributed by atoms with Crippen molar-refractivity contribution in [3.63, 3.8) is 0 Å². The third-order valence-corrected chi connectivity index (χ3v) is 7.00. The van der Waals surface area contributed by atoms with Crippen LogP contribution in [0.25, 0.3) is 11.1 Å². The van der Waals surface area contributed by atoms with Gasteiger partial charge in [0.2, 0.25) is 5.91 Å². The number of carbonyl (C=O) groups excluding carboxylic acids is 1. The zero-order valence-corrected chi connectivity index (χ0v) is 20.4. The van der Waals surface area contributed by atoms with Gasteiger partial charge in [0, 0.05) is 36.6 Å². The fourth-order valence-corrected chi connectivity index (χ4v) is 4.41. The van der Waals surface area contributed by atoms with Gasteiger partial charge in [-0.3, -0.25) is 9.48 Å². The molecule has 4 aromatic rings. The molecule has 1 aliphatic heterocycles. The van der Waals surface area contributed by atoms with Crippen LogP contribution in [0.4, 0.5) is 23.4 Å². The number of benzene rings is 1. The largest absolute Gasteiger partial charge is 0.401 e.